The van der Waals surface area contributed by atoms with Crippen molar-refractivity contribution >= 4 is 10.8 Å². The summed E-state index contributed by atoms with van der Waals surface area (Å²) >= 11 is 0. The van der Waals surface area contributed by atoms with E-state index in [1.165, 1.54) is 0 Å². The summed E-state index contributed by atoms with van der Waals surface area (Å²) in [5.41, 5.74) is 0. The normalized spacial score (nSPS) is 12.4. The van der Waals surface area contributed by atoms with Gasteiger partial charge in [0.1, 0.15) is 18.1 Å². The van der Waals surface area contributed by atoms with Crippen molar-refractivity contribution in [3.63, 3.8) is 0 Å². The van der Waals surface area contributed by atoms with Gasteiger partial charge in [-0.2, -0.15) is 0 Å². The lowest BCUT2D eigenvalue weighted by Gasteiger charge is -2.14. The standard InChI is InChI=1S/C16H20O3/c1-3-12(17)11-19-16-10-9-15(18-4-2)13-7-5-6-8-14(13)16/h5-10,12,17H,3-4,11H2,1-2H3. The molecule has 1 atom stereocenters. The minimum Gasteiger partial charge on any atom is -0.493 e. The van der Waals surface area contributed by atoms with E-state index in [4.69, 9.17) is 9.47 Å². The molecule has 3 nitrogen and oxygen atoms in total. The molecule has 0 aromatic heterocycles. The maximum atomic E-state index is 9.58. The van der Waals surface area contributed by atoms with Crippen molar-refractivity contribution in [3.05, 3.63) is 36.4 Å². The summed E-state index contributed by atoms with van der Waals surface area (Å²) in [6.07, 6.45) is 0.264. The van der Waals surface area contributed by atoms with Crippen LogP contribution < -0.4 is 9.47 Å². The fourth-order valence-electron chi connectivity index (χ4n) is 1.95. The Morgan fingerprint density at radius 3 is 2.05 bits per heavy atom. The molecule has 1 N–H and O–H groups in total. The van der Waals surface area contributed by atoms with E-state index in [0.717, 1.165) is 22.3 Å². The molecule has 2 aromatic carbocycles. The molecule has 0 saturated heterocycles. The van der Waals surface area contributed by atoms with Crippen LogP contribution in [-0.4, -0.2) is 24.4 Å². The minimum atomic E-state index is -0.426. The zero-order valence-electron chi connectivity index (χ0n) is 11.4. The Bertz CT molecular complexity index is 537. The van der Waals surface area contributed by atoms with E-state index in [1.54, 1.807) is 0 Å². The molecular weight excluding hydrogens is 240 g/mol. The largest absolute Gasteiger partial charge is 0.493 e. The van der Waals surface area contributed by atoms with Gasteiger partial charge in [0.2, 0.25) is 0 Å². The van der Waals surface area contributed by atoms with E-state index < -0.39 is 6.10 Å². The molecule has 1 unspecified atom stereocenters. The molecule has 0 heterocycles. The van der Waals surface area contributed by atoms with Gasteiger partial charge in [-0.25, -0.2) is 0 Å². The van der Waals surface area contributed by atoms with Crippen LogP contribution in [0.3, 0.4) is 0 Å². The van der Waals surface area contributed by atoms with E-state index >= 15 is 0 Å². The number of fused-ring (bicyclic) bond motifs is 1. The molecule has 102 valence electrons. The molecule has 0 saturated carbocycles. The number of aliphatic hydroxyl groups excluding tert-OH is 1. The molecule has 0 spiro atoms. The second-order valence-corrected chi connectivity index (χ2v) is 4.41. The first-order valence-corrected chi connectivity index (χ1v) is 6.71. The second-order valence-electron chi connectivity index (χ2n) is 4.41. The molecule has 3 heteroatoms. The van der Waals surface area contributed by atoms with Crippen LogP contribution in [0.1, 0.15) is 20.3 Å². The predicted molar refractivity (Wildman–Crippen MR) is 76.9 cm³/mol. The average Bonchev–Trinajstić information content (AvgIpc) is 2.46. The molecule has 0 aliphatic carbocycles. The molecule has 0 aliphatic rings. The molecule has 2 aromatic rings. The van der Waals surface area contributed by atoms with E-state index in [9.17, 15) is 5.11 Å². The zero-order chi connectivity index (χ0) is 13.7. The third-order valence-corrected chi connectivity index (χ3v) is 3.05. The van der Waals surface area contributed by atoms with Gasteiger partial charge in [-0.1, -0.05) is 31.2 Å². The highest BCUT2D eigenvalue weighted by atomic mass is 16.5. The van der Waals surface area contributed by atoms with Crippen molar-refractivity contribution in [1.82, 2.24) is 0 Å². The Labute approximate surface area is 113 Å². The number of ether oxygens (including phenoxy) is 2. The van der Waals surface area contributed by atoms with Gasteiger partial charge in [-0.05, 0) is 25.5 Å². The summed E-state index contributed by atoms with van der Waals surface area (Å²) in [5.74, 6) is 1.65. The highest BCUT2D eigenvalue weighted by molar-refractivity contribution is 5.93. The molecule has 0 amide bonds. The molecule has 0 radical (unpaired) electrons. The van der Waals surface area contributed by atoms with Crippen LogP contribution in [0.4, 0.5) is 0 Å². The highest BCUT2D eigenvalue weighted by Crippen LogP contribution is 2.33. The Balaban J connectivity index is 2.32. The Morgan fingerprint density at radius 1 is 0.947 bits per heavy atom. The first-order valence-electron chi connectivity index (χ1n) is 6.71. The van der Waals surface area contributed by atoms with Crippen molar-refractivity contribution in [3.8, 4) is 11.5 Å². The highest BCUT2D eigenvalue weighted by Gasteiger charge is 2.09. The van der Waals surface area contributed by atoms with Crippen molar-refractivity contribution in [1.29, 1.82) is 0 Å². The minimum absolute atomic E-state index is 0.314. The summed E-state index contributed by atoms with van der Waals surface area (Å²) in [7, 11) is 0. The van der Waals surface area contributed by atoms with Gasteiger partial charge in [0, 0.05) is 10.8 Å². The Hall–Kier alpha value is -1.74. The second kappa shape index (κ2) is 6.43. The van der Waals surface area contributed by atoms with E-state index in [1.807, 2.05) is 50.2 Å². The van der Waals surface area contributed by atoms with Crippen LogP contribution in [0.2, 0.25) is 0 Å². The van der Waals surface area contributed by atoms with Crippen LogP contribution >= 0.6 is 0 Å². The summed E-state index contributed by atoms with van der Waals surface area (Å²) in [4.78, 5) is 0. The van der Waals surface area contributed by atoms with Crippen LogP contribution in [0.25, 0.3) is 10.8 Å². The summed E-state index contributed by atoms with van der Waals surface area (Å²) < 4.78 is 11.3. The lowest BCUT2D eigenvalue weighted by Crippen LogP contribution is -2.16. The fourth-order valence-corrected chi connectivity index (χ4v) is 1.95. The maximum Gasteiger partial charge on any atom is 0.127 e. The lowest BCUT2D eigenvalue weighted by molar-refractivity contribution is 0.105. The summed E-state index contributed by atoms with van der Waals surface area (Å²) in [5, 5.41) is 11.6. The van der Waals surface area contributed by atoms with Crippen LogP contribution in [0.5, 0.6) is 11.5 Å². The van der Waals surface area contributed by atoms with Crippen molar-refractivity contribution in [2.24, 2.45) is 0 Å². The van der Waals surface area contributed by atoms with Gasteiger partial charge >= 0.3 is 0 Å². The number of hydrogen-bond acceptors (Lipinski definition) is 3. The van der Waals surface area contributed by atoms with Gasteiger partial charge in [-0.15, -0.1) is 0 Å². The van der Waals surface area contributed by atoms with Crippen molar-refractivity contribution < 1.29 is 14.6 Å². The number of hydrogen-bond donors (Lipinski definition) is 1. The molecule has 0 bridgehead atoms. The first kappa shape index (κ1) is 13.7. The fraction of sp³-hybridized carbons (Fsp3) is 0.375. The van der Waals surface area contributed by atoms with Gasteiger partial charge in [0.15, 0.2) is 0 Å². The Kier molecular flexibility index (Phi) is 4.63. The van der Waals surface area contributed by atoms with E-state index in [2.05, 4.69) is 0 Å². The molecular formula is C16H20O3. The number of rotatable bonds is 6. The van der Waals surface area contributed by atoms with Crippen molar-refractivity contribution in [2.45, 2.75) is 26.4 Å². The quantitative estimate of drug-likeness (QED) is 0.865. The molecule has 2 rings (SSSR count). The van der Waals surface area contributed by atoms with Gasteiger partial charge in [0.05, 0.1) is 12.7 Å². The first-order chi connectivity index (χ1) is 9.26. The molecule has 0 fully saturated rings. The Morgan fingerprint density at radius 2 is 1.53 bits per heavy atom. The average molecular weight is 260 g/mol. The topological polar surface area (TPSA) is 38.7 Å². The van der Waals surface area contributed by atoms with Gasteiger partial charge in [-0.3, -0.25) is 0 Å². The number of benzene rings is 2. The predicted octanol–water partition coefficient (Wildman–Crippen LogP) is 3.39. The van der Waals surface area contributed by atoms with E-state index in [0.29, 0.717) is 19.6 Å². The monoisotopic (exact) mass is 260 g/mol. The summed E-state index contributed by atoms with van der Waals surface area (Å²) in [6.45, 7) is 4.86. The van der Waals surface area contributed by atoms with Crippen LogP contribution in [-0.2, 0) is 0 Å². The molecule has 0 aliphatic heterocycles. The zero-order valence-corrected chi connectivity index (χ0v) is 11.4. The summed E-state index contributed by atoms with van der Waals surface area (Å²) in [6, 6.07) is 11.8. The smallest absolute Gasteiger partial charge is 0.127 e. The van der Waals surface area contributed by atoms with Crippen molar-refractivity contribution in [2.75, 3.05) is 13.2 Å². The van der Waals surface area contributed by atoms with Gasteiger partial charge in [0.25, 0.3) is 0 Å². The third kappa shape index (κ3) is 3.18. The van der Waals surface area contributed by atoms with Crippen LogP contribution in [0.15, 0.2) is 36.4 Å². The maximum absolute atomic E-state index is 9.58. The molecule has 19 heavy (non-hydrogen) atoms. The van der Waals surface area contributed by atoms with Gasteiger partial charge < -0.3 is 14.6 Å². The third-order valence-electron chi connectivity index (χ3n) is 3.05. The lowest BCUT2D eigenvalue weighted by atomic mass is 10.1. The van der Waals surface area contributed by atoms with Crippen LogP contribution in [0, 0.1) is 0 Å². The number of aliphatic hydroxyl groups is 1. The van der Waals surface area contributed by atoms with E-state index in [-0.39, 0.29) is 0 Å². The SMILES string of the molecule is CCOc1ccc(OCC(O)CC)c2ccccc12.